The first-order valence-corrected chi connectivity index (χ1v) is 5.83. The predicted molar refractivity (Wildman–Crippen MR) is 67.4 cm³/mol. The van der Waals surface area contributed by atoms with Crippen molar-refractivity contribution in [2.45, 2.75) is 26.0 Å². The number of nitro groups is 1. The SMILES string of the molecule is CC(C)(O)c1cn(Cc2ccc([N+](=O)[O-])c(F)c2)nn1. The van der Waals surface area contributed by atoms with Crippen LogP contribution in [-0.2, 0) is 12.1 Å². The Labute approximate surface area is 113 Å². The summed E-state index contributed by atoms with van der Waals surface area (Å²) < 4.78 is 14.9. The third-order valence-corrected chi connectivity index (χ3v) is 2.72. The van der Waals surface area contributed by atoms with Crippen molar-refractivity contribution in [2.24, 2.45) is 0 Å². The van der Waals surface area contributed by atoms with Crippen LogP contribution < -0.4 is 0 Å². The molecule has 7 nitrogen and oxygen atoms in total. The molecule has 2 rings (SSSR count). The Balaban J connectivity index is 2.20. The highest BCUT2D eigenvalue weighted by molar-refractivity contribution is 5.35. The van der Waals surface area contributed by atoms with Crippen LogP contribution in [0.1, 0.15) is 25.1 Å². The van der Waals surface area contributed by atoms with E-state index in [4.69, 9.17) is 0 Å². The molecular formula is C12H13FN4O3. The Bertz CT molecular complexity index is 648. The van der Waals surface area contributed by atoms with Crippen molar-refractivity contribution < 1.29 is 14.4 Å². The molecule has 0 aliphatic carbocycles. The van der Waals surface area contributed by atoms with E-state index in [1.807, 2.05) is 0 Å². The highest BCUT2D eigenvalue weighted by atomic mass is 19.1. The van der Waals surface area contributed by atoms with Crippen LogP contribution in [-0.4, -0.2) is 25.0 Å². The molecule has 0 radical (unpaired) electrons. The van der Waals surface area contributed by atoms with Crippen LogP contribution in [0.25, 0.3) is 0 Å². The van der Waals surface area contributed by atoms with Gasteiger partial charge >= 0.3 is 5.69 Å². The number of hydrogen-bond donors (Lipinski definition) is 1. The van der Waals surface area contributed by atoms with Gasteiger partial charge in [-0.1, -0.05) is 11.3 Å². The Morgan fingerprint density at radius 2 is 2.20 bits per heavy atom. The zero-order chi connectivity index (χ0) is 14.9. The number of nitrogens with zero attached hydrogens (tertiary/aromatic N) is 4. The van der Waals surface area contributed by atoms with E-state index >= 15 is 0 Å². The Hall–Kier alpha value is -2.35. The molecule has 0 aliphatic heterocycles. The number of nitro benzene ring substituents is 1. The second-order valence-corrected chi connectivity index (χ2v) is 4.90. The molecular weight excluding hydrogens is 267 g/mol. The molecule has 0 spiro atoms. The maximum absolute atomic E-state index is 13.5. The molecule has 0 saturated carbocycles. The lowest BCUT2D eigenvalue weighted by Gasteiger charge is -2.11. The minimum atomic E-state index is -1.11. The van der Waals surface area contributed by atoms with E-state index < -0.39 is 22.0 Å². The van der Waals surface area contributed by atoms with Gasteiger partial charge < -0.3 is 5.11 Å². The van der Waals surface area contributed by atoms with Crippen LogP contribution in [0.3, 0.4) is 0 Å². The number of hydrogen-bond acceptors (Lipinski definition) is 5. The largest absolute Gasteiger partial charge is 0.384 e. The molecule has 1 heterocycles. The normalized spacial score (nSPS) is 11.6. The summed E-state index contributed by atoms with van der Waals surface area (Å²) in [4.78, 5) is 9.74. The zero-order valence-corrected chi connectivity index (χ0v) is 10.9. The summed E-state index contributed by atoms with van der Waals surface area (Å²) in [6.07, 6.45) is 1.54. The van der Waals surface area contributed by atoms with Crippen LogP contribution in [0.2, 0.25) is 0 Å². The first kappa shape index (κ1) is 14.1. The third kappa shape index (κ3) is 2.97. The smallest absolute Gasteiger partial charge is 0.304 e. The Morgan fingerprint density at radius 3 is 2.70 bits per heavy atom. The van der Waals surface area contributed by atoms with E-state index in [0.717, 1.165) is 12.1 Å². The van der Waals surface area contributed by atoms with E-state index in [0.29, 0.717) is 11.3 Å². The van der Waals surface area contributed by atoms with Crippen molar-refractivity contribution in [3.63, 3.8) is 0 Å². The summed E-state index contributed by atoms with van der Waals surface area (Å²) in [6.45, 7) is 3.36. The standard InChI is InChI=1S/C12H13FN4O3/c1-12(2,18)11-7-16(15-14-11)6-8-3-4-10(17(19)20)9(13)5-8/h3-5,7,18H,6H2,1-2H3. The summed E-state index contributed by atoms with van der Waals surface area (Å²) >= 11 is 0. The summed E-state index contributed by atoms with van der Waals surface area (Å²) in [5, 5.41) is 27.9. The van der Waals surface area contributed by atoms with Gasteiger partial charge in [0, 0.05) is 6.07 Å². The molecule has 2 aromatic rings. The first-order valence-electron chi connectivity index (χ1n) is 5.83. The van der Waals surface area contributed by atoms with E-state index in [-0.39, 0.29) is 6.54 Å². The van der Waals surface area contributed by atoms with Crippen molar-refractivity contribution in [3.05, 3.63) is 51.6 Å². The van der Waals surface area contributed by atoms with Crippen LogP contribution in [0.5, 0.6) is 0 Å². The molecule has 1 aromatic heterocycles. The molecule has 1 N–H and O–H groups in total. The summed E-state index contributed by atoms with van der Waals surface area (Å²) in [5.41, 5.74) is -0.774. The van der Waals surface area contributed by atoms with E-state index in [2.05, 4.69) is 10.3 Å². The topological polar surface area (TPSA) is 94.1 Å². The minimum absolute atomic E-state index is 0.206. The Kier molecular flexibility index (Phi) is 3.49. The fourth-order valence-electron chi connectivity index (χ4n) is 1.64. The molecule has 0 amide bonds. The lowest BCUT2D eigenvalue weighted by atomic mass is 10.1. The van der Waals surface area contributed by atoms with Gasteiger partial charge in [0.2, 0.25) is 5.82 Å². The molecule has 0 atom stereocenters. The van der Waals surface area contributed by atoms with Crippen molar-refractivity contribution in [1.29, 1.82) is 0 Å². The molecule has 0 saturated heterocycles. The van der Waals surface area contributed by atoms with Gasteiger partial charge in [-0.25, -0.2) is 4.68 Å². The molecule has 0 fully saturated rings. The number of aromatic nitrogens is 3. The lowest BCUT2D eigenvalue weighted by Crippen LogP contribution is -2.15. The monoisotopic (exact) mass is 280 g/mol. The minimum Gasteiger partial charge on any atom is -0.384 e. The van der Waals surface area contributed by atoms with Gasteiger partial charge in [-0.15, -0.1) is 5.10 Å². The van der Waals surface area contributed by atoms with Crippen LogP contribution in [0.15, 0.2) is 24.4 Å². The first-order chi connectivity index (χ1) is 9.27. The predicted octanol–water partition coefficient (Wildman–Crippen LogP) is 1.60. The fourth-order valence-corrected chi connectivity index (χ4v) is 1.64. The quantitative estimate of drug-likeness (QED) is 0.678. The van der Waals surface area contributed by atoms with Gasteiger partial charge in [-0.05, 0) is 25.5 Å². The average molecular weight is 280 g/mol. The summed E-state index contributed by atoms with van der Waals surface area (Å²) in [7, 11) is 0. The third-order valence-electron chi connectivity index (χ3n) is 2.72. The molecule has 1 aromatic carbocycles. The Morgan fingerprint density at radius 1 is 1.50 bits per heavy atom. The molecule has 106 valence electrons. The average Bonchev–Trinajstić information content (AvgIpc) is 2.76. The van der Waals surface area contributed by atoms with Gasteiger partial charge in [0.1, 0.15) is 11.3 Å². The fraction of sp³-hybridized carbons (Fsp3) is 0.333. The maximum atomic E-state index is 13.5. The maximum Gasteiger partial charge on any atom is 0.304 e. The van der Waals surface area contributed by atoms with Crippen molar-refractivity contribution in [3.8, 4) is 0 Å². The van der Waals surface area contributed by atoms with Gasteiger partial charge in [-0.3, -0.25) is 10.1 Å². The number of rotatable bonds is 4. The molecule has 8 heteroatoms. The lowest BCUT2D eigenvalue weighted by molar-refractivity contribution is -0.387. The molecule has 0 unspecified atom stereocenters. The van der Waals surface area contributed by atoms with Gasteiger partial charge in [0.15, 0.2) is 0 Å². The van der Waals surface area contributed by atoms with Crippen LogP contribution >= 0.6 is 0 Å². The van der Waals surface area contributed by atoms with Crippen LogP contribution in [0.4, 0.5) is 10.1 Å². The van der Waals surface area contributed by atoms with Gasteiger partial charge in [0.25, 0.3) is 0 Å². The summed E-state index contributed by atoms with van der Waals surface area (Å²) in [6, 6.07) is 3.65. The highest BCUT2D eigenvalue weighted by Crippen LogP contribution is 2.19. The zero-order valence-electron chi connectivity index (χ0n) is 10.9. The van der Waals surface area contributed by atoms with Crippen molar-refractivity contribution in [1.82, 2.24) is 15.0 Å². The number of halogens is 1. The van der Waals surface area contributed by atoms with Crippen LogP contribution in [0, 0.1) is 15.9 Å². The number of benzene rings is 1. The second-order valence-electron chi connectivity index (χ2n) is 4.90. The second kappa shape index (κ2) is 4.97. The number of aliphatic hydroxyl groups is 1. The van der Waals surface area contributed by atoms with Gasteiger partial charge in [-0.2, -0.15) is 4.39 Å². The summed E-state index contributed by atoms with van der Waals surface area (Å²) in [5.74, 6) is -0.893. The van der Waals surface area contributed by atoms with Crippen molar-refractivity contribution in [2.75, 3.05) is 0 Å². The van der Waals surface area contributed by atoms with Gasteiger partial charge in [0.05, 0.1) is 17.7 Å². The highest BCUT2D eigenvalue weighted by Gasteiger charge is 2.20. The van der Waals surface area contributed by atoms with E-state index in [1.165, 1.54) is 10.7 Å². The van der Waals surface area contributed by atoms with Crippen molar-refractivity contribution >= 4 is 5.69 Å². The van der Waals surface area contributed by atoms with E-state index in [9.17, 15) is 19.6 Å². The van der Waals surface area contributed by atoms with E-state index in [1.54, 1.807) is 20.0 Å². The molecule has 0 bridgehead atoms. The molecule has 20 heavy (non-hydrogen) atoms. The molecule has 0 aliphatic rings.